The number of alkyl halides is 2. The SMILES string of the molecule is CC(C)(C)C(=O)c1ccc(CC2=CNc3c(Cl)ccc(O)c3C2(C)OC(F)F)cc1. The molecular formula is C23H24ClF2NO3. The normalized spacial score (nSPS) is 18.6. The summed E-state index contributed by atoms with van der Waals surface area (Å²) in [5.74, 6) is -0.172. The Balaban J connectivity index is 1.96. The monoisotopic (exact) mass is 435 g/mol. The van der Waals surface area contributed by atoms with Crippen LogP contribution in [0.2, 0.25) is 5.02 Å². The highest BCUT2D eigenvalue weighted by Crippen LogP contribution is 2.49. The molecule has 30 heavy (non-hydrogen) atoms. The first kappa shape index (κ1) is 22.2. The molecule has 0 saturated carbocycles. The number of fused-ring (bicyclic) bond motifs is 1. The number of phenolic OH excluding ortho intramolecular Hbond substituents is 1. The lowest BCUT2D eigenvalue weighted by atomic mass is 9.80. The Morgan fingerprint density at radius 1 is 1.20 bits per heavy atom. The van der Waals surface area contributed by atoms with E-state index in [-0.39, 0.29) is 28.5 Å². The predicted octanol–water partition coefficient (Wildman–Crippen LogP) is 6.28. The minimum absolute atomic E-state index is 0.0203. The van der Waals surface area contributed by atoms with Crippen molar-refractivity contribution in [1.29, 1.82) is 0 Å². The van der Waals surface area contributed by atoms with Crippen LogP contribution < -0.4 is 5.32 Å². The lowest BCUT2D eigenvalue weighted by Crippen LogP contribution is -2.35. The highest BCUT2D eigenvalue weighted by atomic mass is 35.5. The van der Waals surface area contributed by atoms with Crippen LogP contribution in [0.5, 0.6) is 5.75 Å². The number of rotatable bonds is 5. The van der Waals surface area contributed by atoms with Crippen molar-refractivity contribution in [2.24, 2.45) is 5.41 Å². The van der Waals surface area contributed by atoms with Crippen LogP contribution in [0.25, 0.3) is 0 Å². The van der Waals surface area contributed by atoms with Crippen LogP contribution in [0.3, 0.4) is 0 Å². The third-order valence-corrected chi connectivity index (χ3v) is 5.54. The van der Waals surface area contributed by atoms with Crippen molar-refractivity contribution in [3.8, 4) is 5.75 Å². The largest absolute Gasteiger partial charge is 0.507 e. The Morgan fingerprint density at radius 2 is 1.83 bits per heavy atom. The number of halogens is 3. The summed E-state index contributed by atoms with van der Waals surface area (Å²) < 4.78 is 31.7. The van der Waals surface area contributed by atoms with Crippen molar-refractivity contribution >= 4 is 23.1 Å². The van der Waals surface area contributed by atoms with E-state index in [1.165, 1.54) is 19.1 Å². The number of ether oxygens (including phenoxy) is 1. The van der Waals surface area contributed by atoms with Gasteiger partial charge in [-0.3, -0.25) is 4.79 Å². The van der Waals surface area contributed by atoms with Gasteiger partial charge in [-0.25, -0.2) is 0 Å². The van der Waals surface area contributed by atoms with Crippen molar-refractivity contribution < 1.29 is 23.4 Å². The van der Waals surface area contributed by atoms with Gasteiger partial charge in [-0.05, 0) is 36.6 Å². The van der Waals surface area contributed by atoms with E-state index in [0.29, 0.717) is 16.8 Å². The Labute approximate surface area is 179 Å². The molecule has 2 aromatic rings. The lowest BCUT2D eigenvalue weighted by molar-refractivity contribution is -0.194. The fourth-order valence-corrected chi connectivity index (χ4v) is 3.82. The Kier molecular flexibility index (Phi) is 5.94. The molecule has 160 valence electrons. The summed E-state index contributed by atoms with van der Waals surface area (Å²) >= 11 is 6.19. The minimum atomic E-state index is -3.06. The molecule has 1 aliphatic heterocycles. The number of ketones is 1. The molecule has 1 aliphatic rings. The number of anilines is 1. The molecule has 0 aliphatic carbocycles. The first-order valence-corrected chi connectivity index (χ1v) is 9.89. The van der Waals surface area contributed by atoms with E-state index >= 15 is 0 Å². The first-order valence-electron chi connectivity index (χ1n) is 9.51. The van der Waals surface area contributed by atoms with Crippen LogP contribution >= 0.6 is 11.6 Å². The van der Waals surface area contributed by atoms with Gasteiger partial charge in [0.2, 0.25) is 0 Å². The van der Waals surface area contributed by atoms with Crippen molar-refractivity contribution in [2.75, 3.05) is 5.32 Å². The highest BCUT2D eigenvalue weighted by molar-refractivity contribution is 6.33. The molecule has 2 aromatic carbocycles. The average molecular weight is 436 g/mol. The van der Waals surface area contributed by atoms with Gasteiger partial charge in [0, 0.05) is 17.2 Å². The van der Waals surface area contributed by atoms with Gasteiger partial charge in [0.05, 0.1) is 16.3 Å². The minimum Gasteiger partial charge on any atom is -0.507 e. The fraction of sp³-hybridized carbons (Fsp3) is 0.348. The molecule has 0 spiro atoms. The number of hydrogen-bond acceptors (Lipinski definition) is 4. The summed E-state index contributed by atoms with van der Waals surface area (Å²) in [4.78, 5) is 12.4. The second kappa shape index (κ2) is 8.00. The highest BCUT2D eigenvalue weighted by Gasteiger charge is 2.42. The van der Waals surface area contributed by atoms with E-state index in [2.05, 4.69) is 5.32 Å². The molecule has 0 fully saturated rings. The predicted molar refractivity (Wildman–Crippen MR) is 113 cm³/mol. The smallest absolute Gasteiger partial charge is 0.346 e. The quantitative estimate of drug-likeness (QED) is 0.542. The molecule has 7 heteroatoms. The maximum absolute atomic E-state index is 13.3. The van der Waals surface area contributed by atoms with E-state index < -0.39 is 17.6 Å². The van der Waals surface area contributed by atoms with Gasteiger partial charge >= 0.3 is 6.61 Å². The molecule has 3 rings (SSSR count). The zero-order chi connectivity index (χ0) is 22.3. The van der Waals surface area contributed by atoms with Gasteiger partial charge < -0.3 is 15.2 Å². The van der Waals surface area contributed by atoms with Gasteiger partial charge in [0.1, 0.15) is 11.4 Å². The number of carbonyl (C=O) groups is 1. The Bertz CT molecular complexity index is 997. The number of aromatic hydroxyl groups is 1. The summed E-state index contributed by atoms with van der Waals surface area (Å²) in [6, 6.07) is 9.87. The number of Topliss-reactive ketones (excluding diaryl/α,β-unsaturated/α-hetero) is 1. The molecule has 1 heterocycles. The van der Waals surface area contributed by atoms with Crippen molar-refractivity contribution in [1.82, 2.24) is 0 Å². The Hall–Kier alpha value is -2.44. The summed E-state index contributed by atoms with van der Waals surface area (Å²) in [6.45, 7) is 3.98. The van der Waals surface area contributed by atoms with Crippen LogP contribution in [0.4, 0.5) is 14.5 Å². The topological polar surface area (TPSA) is 58.6 Å². The molecule has 1 unspecified atom stereocenters. The summed E-state index contributed by atoms with van der Waals surface area (Å²) in [7, 11) is 0. The van der Waals surface area contributed by atoms with Crippen molar-refractivity contribution in [3.63, 3.8) is 0 Å². The van der Waals surface area contributed by atoms with E-state index in [0.717, 1.165) is 5.56 Å². The molecule has 0 aromatic heterocycles. The van der Waals surface area contributed by atoms with Gasteiger partial charge in [-0.1, -0.05) is 56.6 Å². The van der Waals surface area contributed by atoms with Crippen LogP contribution in [-0.4, -0.2) is 17.5 Å². The maximum atomic E-state index is 13.3. The van der Waals surface area contributed by atoms with Crippen molar-refractivity contribution in [3.05, 3.63) is 69.9 Å². The molecule has 0 radical (unpaired) electrons. The second-order valence-electron chi connectivity index (χ2n) is 8.50. The first-order chi connectivity index (χ1) is 13.9. The lowest BCUT2D eigenvalue weighted by Gasteiger charge is -2.38. The molecule has 0 saturated heterocycles. The zero-order valence-corrected chi connectivity index (χ0v) is 18.0. The number of nitrogens with one attached hydrogen (secondary N) is 1. The second-order valence-corrected chi connectivity index (χ2v) is 8.90. The number of carbonyl (C=O) groups excluding carboxylic acids is 1. The molecular weight excluding hydrogens is 412 g/mol. The summed E-state index contributed by atoms with van der Waals surface area (Å²) in [5, 5.41) is 13.7. The summed E-state index contributed by atoms with van der Waals surface area (Å²) in [6.07, 6.45) is 1.84. The van der Waals surface area contributed by atoms with Crippen LogP contribution in [-0.2, 0) is 16.8 Å². The maximum Gasteiger partial charge on any atom is 0.346 e. The summed E-state index contributed by atoms with van der Waals surface area (Å²) in [5.41, 5.74) is 0.279. The van der Waals surface area contributed by atoms with Crippen molar-refractivity contribution in [2.45, 2.75) is 46.3 Å². The third kappa shape index (κ3) is 4.20. The molecule has 4 nitrogen and oxygen atoms in total. The average Bonchev–Trinajstić information content (AvgIpc) is 2.65. The Morgan fingerprint density at radius 3 is 2.40 bits per heavy atom. The number of hydrogen-bond donors (Lipinski definition) is 2. The fourth-order valence-electron chi connectivity index (χ4n) is 3.61. The van der Waals surface area contributed by atoms with Gasteiger partial charge in [-0.15, -0.1) is 0 Å². The molecule has 2 N–H and O–H groups in total. The van der Waals surface area contributed by atoms with E-state index in [1.807, 2.05) is 20.8 Å². The van der Waals surface area contributed by atoms with Crippen LogP contribution in [0.15, 0.2) is 48.2 Å². The van der Waals surface area contributed by atoms with Crippen LogP contribution in [0.1, 0.15) is 49.2 Å². The van der Waals surface area contributed by atoms with E-state index in [9.17, 15) is 18.7 Å². The number of benzene rings is 2. The van der Waals surface area contributed by atoms with Gasteiger partial charge in [0.25, 0.3) is 0 Å². The van der Waals surface area contributed by atoms with Gasteiger partial charge in [-0.2, -0.15) is 8.78 Å². The van der Waals surface area contributed by atoms with Crippen LogP contribution in [0, 0.1) is 5.41 Å². The van der Waals surface area contributed by atoms with Gasteiger partial charge in [0.15, 0.2) is 5.78 Å². The number of phenols is 1. The van der Waals surface area contributed by atoms with E-state index in [4.69, 9.17) is 16.3 Å². The zero-order valence-electron chi connectivity index (χ0n) is 17.2. The third-order valence-electron chi connectivity index (χ3n) is 5.23. The molecule has 0 bridgehead atoms. The molecule has 0 amide bonds. The molecule has 1 atom stereocenters. The standard InChI is InChI=1S/C23H24ClF2NO3/c1-22(2,3)20(29)14-7-5-13(6-8-14)11-15-12-27-19-16(24)9-10-17(28)18(19)23(15,4)30-21(25)26/h5-10,12,21,27-28H,11H2,1-4H3. The van der Waals surface area contributed by atoms with E-state index in [1.54, 1.807) is 30.5 Å².